The van der Waals surface area contributed by atoms with Crippen molar-refractivity contribution in [1.82, 2.24) is 19.9 Å². The van der Waals surface area contributed by atoms with Crippen LogP contribution in [0.25, 0.3) is 6.08 Å². The van der Waals surface area contributed by atoms with Crippen molar-refractivity contribution in [2.45, 2.75) is 19.1 Å². The van der Waals surface area contributed by atoms with Gasteiger partial charge < -0.3 is 20.0 Å². The quantitative estimate of drug-likeness (QED) is 0.609. The van der Waals surface area contributed by atoms with E-state index in [0.29, 0.717) is 48.2 Å². The number of H-pyrrole nitrogens is 2. The van der Waals surface area contributed by atoms with Crippen LogP contribution in [-0.2, 0) is 6.18 Å². The van der Waals surface area contributed by atoms with Crippen LogP contribution in [0.4, 0.5) is 19.0 Å². The molecule has 0 aromatic carbocycles. The normalized spacial score (nSPS) is 21.2. The van der Waals surface area contributed by atoms with Crippen molar-refractivity contribution in [1.29, 1.82) is 0 Å². The summed E-state index contributed by atoms with van der Waals surface area (Å²) in [5.41, 5.74) is 1.20. The first kappa shape index (κ1) is 21.2. The molecule has 2 aliphatic heterocycles. The van der Waals surface area contributed by atoms with E-state index in [1.807, 2.05) is 11.8 Å². The lowest BCUT2D eigenvalue weighted by atomic mass is 10.1. The van der Waals surface area contributed by atoms with E-state index in [1.54, 1.807) is 12.3 Å². The third kappa shape index (κ3) is 4.69. The number of nitrogens with zero attached hydrogens (tertiary/aromatic N) is 5. The van der Waals surface area contributed by atoms with Gasteiger partial charge in [0, 0.05) is 44.0 Å². The van der Waals surface area contributed by atoms with Gasteiger partial charge in [0.2, 0.25) is 5.88 Å². The average molecular weight is 451 g/mol. The summed E-state index contributed by atoms with van der Waals surface area (Å²) >= 11 is 4.97. The van der Waals surface area contributed by atoms with Gasteiger partial charge in [-0.05, 0) is 37.4 Å². The fourth-order valence-corrected chi connectivity index (χ4v) is 3.85. The molecule has 4 rings (SSSR count). The minimum atomic E-state index is -4.39. The summed E-state index contributed by atoms with van der Waals surface area (Å²) in [5, 5.41) is 18.0. The molecule has 164 valence electrons. The Morgan fingerprint density at radius 2 is 2.10 bits per heavy atom. The third-order valence-corrected chi connectivity index (χ3v) is 5.40. The standard InChI is InChI=1S/C19H20F3N7OS/c1-11-9-28(4-5-29(11)16-3-2-13(8-23-16)19(20,21)22)10-12-7-24-27-14(12)6-15-17(30)26-18(31)25-15/h2-3,6-8,11,30H,4-5,9-10H2,1H3,(H2,25,26,31)/t11-/m1/s1. The molecule has 1 fully saturated rings. The third-order valence-electron chi connectivity index (χ3n) is 5.20. The lowest BCUT2D eigenvalue weighted by Gasteiger charge is -2.40. The largest absolute Gasteiger partial charge is 0.493 e. The molecular formula is C19H20F3N7OS. The smallest absolute Gasteiger partial charge is 0.417 e. The zero-order valence-electron chi connectivity index (χ0n) is 16.5. The Labute approximate surface area is 180 Å². The van der Waals surface area contributed by atoms with Gasteiger partial charge in [-0.15, -0.1) is 0 Å². The first-order valence-electron chi connectivity index (χ1n) is 9.56. The van der Waals surface area contributed by atoms with E-state index in [2.05, 4.69) is 30.1 Å². The Kier molecular flexibility index (Phi) is 5.67. The Morgan fingerprint density at radius 3 is 2.71 bits per heavy atom. The second kappa shape index (κ2) is 8.27. The highest BCUT2D eigenvalue weighted by molar-refractivity contribution is 7.71. The number of piperazine rings is 1. The molecular weight excluding hydrogens is 431 g/mol. The molecule has 8 nitrogen and oxygen atoms in total. The zero-order valence-corrected chi connectivity index (χ0v) is 17.3. The maximum atomic E-state index is 12.8. The molecule has 1 saturated heterocycles. The van der Waals surface area contributed by atoms with Crippen molar-refractivity contribution in [3.05, 3.63) is 51.8 Å². The topological polar surface area (TPSA) is 95.9 Å². The predicted octanol–water partition coefficient (Wildman–Crippen LogP) is 4.09. The lowest BCUT2D eigenvalue weighted by molar-refractivity contribution is -0.137. The van der Waals surface area contributed by atoms with E-state index in [1.165, 1.54) is 6.07 Å². The summed E-state index contributed by atoms with van der Waals surface area (Å²) in [7, 11) is 0. The van der Waals surface area contributed by atoms with Gasteiger partial charge in [-0.3, -0.25) is 4.90 Å². The Hall–Kier alpha value is -2.99. The molecule has 2 aliphatic rings. The van der Waals surface area contributed by atoms with Gasteiger partial charge in [-0.25, -0.2) is 4.98 Å². The summed E-state index contributed by atoms with van der Waals surface area (Å²) in [5.74, 6) is 0.467. The number of hydrogen-bond donors (Lipinski definition) is 3. The minimum absolute atomic E-state index is 0.0612. The number of azo groups is 1. The molecule has 0 saturated carbocycles. The Morgan fingerprint density at radius 1 is 1.29 bits per heavy atom. The van der Waals surface area contributed by atoms with Gasteiger partial charge in [0.05, 0.1) is 17.5 Å². The van der Waals surface area contributed by atoms with Crippen LogP contribution in [0.5, 0.6) is 5.88 Å². The van der Waals surface area contributed by atoms with Gasteiger partial charge in [0.1, 0.15) is 11.5 Å². The number of anilines is 1. The van der Waals surface area contributed by atoms with Gasteiger partial charge >= 0.3 is 6.18 Å². The molecule has 4 heterocycles. The zero-order chi connectivity index (χ0) is 22.2. The molecule has 12 heteroatoms. The van der Waals surface area contributed by atoms with Crippen LogP contribution in [0, 0.1) is 4.77 Å². The molecule has 0 unspecified atom stereocenters. The molecule has 31 heavy (non-hydrogen) atoms. The molecule has 2 aromatic heterocycles. The van der Waals surface area contributed by atoms with E-state index >= 15 is 0 Å². The fourth-order valence-electron chi connectivity index (χ4n) is 3.64. The fraction of sp³-hybridized carbons (Fsp3) is 0.368. The number of aromatic amines is 2. The lowest BCUT2D eigenvalue weighted by Crippen LogP contribution is -2.52. The maximum absolute atomic E-state index is 12.8. The van der Waals surface area contributed by atoms with Gasteiger partial charge in [0.25, 0.3) is 0 Å². The van der Waals surface area contributed by atoms with Crippen LogP contribution in [-0.4, -0.2) is 57.2 Å². The van der Waals surface area contributed by atoms with Crippen molar-refractivity contribution in [2.75, 3.05) is 31.1 Å². The second-order valence-corrected chi connectivity index (χ2v) is 7.83. The predicted molar refractivity (Wildman–Crippen MR) is 111 cm³/mol. The van der Waals surface area contributed by atoms with Crippen molar-refractivity contribution in [2.24, 2.45) is 10.2 Å². The average Bonchev–Trinajstić information content (AvgIpc) is 3.27. The SMILES string of the molecule is C[C@@H]1CN(CC2=CN=NC2=Cc2[nH]c(=S)[nH]c2O)CCN1c1ccc(C(F)(F)F)cn1. The van der Waals surface area contributed by atoms with Crippen molar-refractivity contribution in [3.63, 3.8) is 0 Å². The summed E-state index contributed by atoms with van der Waals surface area (Å²) < 4.78 is 38.6. The van der Waals surface area contributed by atoms with E-state index in [4.69, 9.17) is 12.2 Å². The number of aromatic hydroxyl groups is 1. The number of alkyl halides is 3. The molecule has 1 atom stereocenters. The summed E-state index contributed by atoms with van der Waals surface area (Å²) in [4.78, 5) is 13.7. The minimum Gasteiger partial charge on any atom is -0.493 e. The van der Waals surface area contributed by atoms with Crippen LogP contribution in [0.1, 0.15) is 18.2 Å². The number of rotatable bonds is 4. The molecule has 0 spiro atoms. The van der Waals surface area contributed by atoms with E-state index < -0.39 is 11.7 Å². The number of hydrogen-bond acceptors (Lipinski definition) is 7. The monoisotopic (exact) mass is 451 g/mol. The molecule has 0 bridgehead atoms. The van der Waals surface area contributed by atoms with Crippen LogP contribution in [0.15, 0.2) is 46.0 Å². The second-order valence-electron chi connectivity index (χ2n) is 7.42. The molecule has 0 aliphatic carbocycles. The highest BCUT2D eigenvalue weighted by atomic mass is 32.1. The first-order valence-corrected chi connectivity index (χ1v) is 9.97. The molecule has 0 radical (unpaired) electrons. The van der Waals surface area contributed by atoms with Crippen molar-refractivity contribution < 1.29 is 18.3 Å². The van der Waals surface area contributed by atoms with Gasteiger partial charge in [-0.1, -0.05) is 0 Å². The van der Waals surface area contributed by atoms with E-state index in [-0.39, 0.29) is 11.9 Å². The van der Waals surface area contributed by atoms with Gasteiger partial charge in [0.15, 0.2) is 4.77 Å². The maximum Gasteiger partial charge on any atom is 0.417 e. The number of halogens is 3. The first-order chi connectivity index (χ1) is 14.7. The summed E-state index contributed by atoms with van der Waals surface area (Å²) in [6.07, 6.45) is -0.165. The molecule has 0 amide bonds. The van der Waals surface area contributed by atoms with Crippen LogP contribution in [0.3, 0.4) is 0 Å². The summed E-state index contributed by atoms with van der Waals surface area (Å²) in [6.45, 7) is 4.65. The van der Waals surface area contributed by atoms with Crippen LogP contribution < -0.4 is 4.90 Å². The number of imidazole rings is 1. The van der Waals surface area contributed by atoms with Crippen molar-refractivity contribution in [3.8, 4) is 5.88 Å². The highest BCUT2D eigenvalue weighted by Gasteiger charge is 2.32. The summed E-state index contributed by atoms with van der Waals surface area (Å²) in [6, 6.07) is 2.54. The highest BCUT2D eigenvalue weighted by Crippen LogP contribution is 2.30. The van der Waals surface area contributed by atoms with Crippen LogP contribution >= 0.6 is 12.2 Å². The molecule has 3 N–H and O–H groups in total. The van der Waals surface area contributed by atoms with E-state index in [0.717, 1.165) is 17.8 Å². The Balaban J connectivity index is 1.40. The number of nitrogens with one attached hydrogen (secondary N) is 2. The van der Waals surface area contributed by atoms with Gasteiger partial charge in [-0.2, -0.15) is 23.4 Å². The number of pyridine rings is 1. The number of aromatic nitrogens is 3. The van der Waals surface area contributed by atoms with E-state index in [9.17, 15) is 18.3 Å². The van der Waals surface area contributed by atoms with Crippen molar-refractivity contribution >= 4 is 24.1 Å². The Bertz CT molecular complexity index is 1100. The molecule has 2 aromatic rings. The van der Waals surface area contributed by atoms with Crippen LogP contribution in [0.2, 0.25) is 0 Å².